The van der Waals surface area contributed by atoms with Crippen LogP contribution in [0.15, 0.2) is 0 Å². The summed E-state index contributed by atoms with van der Waals surface area (Å²) in [7, 11) is 1.30. The molecule has 0 aromatic heterocycles. The number of ether oxygens (including phenoxy) is 1. The maximum absolute atomic E-state index is 11.7. The first kappa shape index (κ1) is 32.6. The van der Waals surface area contributed by atoms with Crippen LogP contribution in [0.2, 0.25) is 0 Å². The van der Waals surface area contributed by atoms with Gasteiger partial charge in [0.1, 0.15) is 11.6 Å². The van der Waals surface area contributed by atoms with Crippen molar-refractivity contribution in [3.05, 3.63) is 64.7 Å². The van der Waals surface area contributed by atoms with Crippen molar-refractivity contribution in [3.63, 3.8) is 0 Å². The van der Waals surface area contributed by atoms with Crippen LogP contribution < -0.4 is 0 Å². The Morgan fingerprint density at radius 3 is 1.76 bits per heavy atom. The molecule has 0 N–H and O–H groups in total. The molecule has 0 saturated heterocycles. The van der Waals surface area contributed by atoms with E-state index >= 15 is 0 Å². The van der Waals surface area contributed by atoms with E-state index in [4.69, 9.17) is 9.30 Å². The van der Waals surface area contributed by atoms with Crippen LogP contribution in [0, 0.1) is 82.4 Å². The number of carbonyl (C=O) groups is 3. The van der Waals surface area contributed by atoms with E-state index in [1.807, 2.05) is 32.1 Å². The number of methoxy groups -OCH3 is 1. The van der Waals surface area contributed by atoms with Crippen molar-refractivity contribution >= 4 is 17.5 Å². The summed E-state index contributed by atoms with van der Waals surface area (Å²) >= 11 is 0. The van der Waals surface area contributed by atoms with Crippen LogP contribution in [-0.4, -0.2) is 24.6 Å². The summed E-state index contributed by atoms with van der Waals surface area (Å²) in [6.45, 7) is 15.8. The molecule has 0 spiro atoms. The third-order valence-corrected chi connectivity index (χ3v) is 4.42. The number of hydrogen-bond acceptors (Lipinski definition) is 4. The minimum atomic E-state index is -0.476. The van der Waals surface area contributed by atoms with Gasteiger partial charge >= 0.3 is 28.6 Å². The molecule has 0 aromatic carbocycles. The summed E-state index contributed by atoms with van der Waals surface area (Å²) in [5.41, 5.74) is 0. The van der Waals surface area contributed by atoms with E-state index in [1.165, 1.54) is 14.0 Å². The average Bonchev–Trinajstić information content (AvgIpc) is 3.30. The predicted molar refractivity (Wildman–Crippen MR) is 100.0 cm³/mol. The zero-order chi connectivity index (χ0) is 22.1. The predicted octanol–water partition coefficient (Wildman–Crippen LogP) is 2.93. The smallest absolute Gasteiger partial charge is 0.313 e. The van der Waals surface area contributed by atoms with Crippen molar-refractivity contribution in [3.8, 4) is 0 Å². The maximum atomic E-state index is 11.7. The number of hydrogen-bond donors (Lipinski definition) is 0. The Hall–Kier alpha value is -1.02. The second-order valence-corrected chi connectivity index (χ2v) is 6.15. The second-order valence-electron chi connectivity index (χ2n) is 6.15. The normalized spacial score (nSPS) is 22.0. The van der Waals surface area contributed by atoms with Gasteiger partial charge in [-0.1, -0.05) is 0 Å². The van der Waals surface area contributed by atoms with Crippen molar-refractivity contribution in [2.45, 2.75) is 33.1 Å². The van der Waals surface area contributed by atoms with Crippen LogP contribution in [0.3, 0.4) is 0 Å². The molecule has 0 bridgehead atoms. The molecule has 29 heavy (non-hydrogen) atoms. The van der Waals surface area contributed by atoms with Gasteiger partial charge in [-0.15, -0.1) is 0 Å². The standard InChI is InChI=1S/C15H21O4.C5H5.2CO.W/c1-9(15(18)19-4)7-13-6-5-12(10(2)16)8-14(13)11(3)17;1-2-4-5-3-1;2*1-2;/h7,12-14H,1,5-6,8H2,2-4H3;1-5H;;;/t12-,13+,14+;;;;/m0..../s1. The molecule has 7 heteroatoms. The zero-order valence-electron chi connectivity index (χ0n) is 16.9. The molecule has 2 rings (SSSR count). The van der Waals surface area contributed by atoms with E-state index in [-0.39, 0.29) is 56.3 Å². The van der Waals surface area contributed by atoms with Crippen LogP contribution >= 0.6 is 0 Å². The Morgan fingerprint density at radius 2 is 1.41 bits per heavy atom. The quantitative estimate of drug-likeness (QED) is 0.289. The Labute approximate surface area is 189 Å². The van der Waals surface area contributed by atoms with Gasteiger partial charge in [0.2, 0.25) is 0 Å². The molecule has 2 fully saturated rings. The monoisotopic (exact) mass is 570 g/mol. The van der Waals surface area contributed by atoms with Gasteiger partial charge in [0.25, 0.3) is 0 Å². The Balaban J connectivity index is -0.000000567. The molecule has 0 aromatic rings. The van der Waals surface area contributed by atoms with Gasteiger partial charge < -0.3 is 4.74 Å². The fourth-order valence-electron chi connectivity index (χ4n) is 3.01. The van der Waals surface area contributed by atoms with Crippen LogP contribution in [0.1, 0.15) is 33.1 Å². The Bertz CT molecular complexity index is 496. The largest absolute Gasteiger partial charge is 0.469 e. The minimum Gasteiger partial charge on any atom is -0.469 e. The average molecular weight is 570 g/mol. The van der Waals surface area contributed by atoms with Crippen molar-refractivity contribution in [2.75, 3.05) is 7.11 Å². The molecular formula is C22H26O6W. The van der Waals surface area contributed by atoms with Gasteiger partial charge in [-0.2, -0.15) is 0 Å². The summed E-state index contributed by atoms with van der Waals surface area (Å²) in [5, 5.41) is 0. The fraction of sp³-hybridized carbons (Fsp3) is 0.409. The third kappa shape index (κ3) is 13.8. The molecule has 0 aliphatic heterocycles. The van der Waals surface area contributed by atoms with Gasteiger partial charge in [-0.25, -0.2) is 0 Å². The fourth-order valence-corrected chi connectivity index (χ4v) is 3.01. The SMILES string of the molecule is [C-]#[O+].[C-]#[O+].[CH2][C]([CH][C@H]1CC[C@H](C(C)=O)C[C@@H]1C(C)=O)C(=O)OC.[CH]1[CH][CH][CH][CH]1.[W]. The first-order valence-corrected chi connectivity index (χ1v) is 8.57. The number of esters is 1. The van der Waals surface area contributed by atoms with E-state index in [9.17, 15) is 14.4 Å². The topological polar surface area (TPSA) is 100 Å². The van der Waals surface area contributed by atoms with Crippen LogP contribution in [0.25, 0.3) is 0 Å². The van der Waals surface area contributed by atoms with Gasteiger partial charge in [0.15, 0.2) is 0 Å². The summed E-state index contributed by atoms with van der Waals surface area (Å²) in [6.07, 6.45) is 13.8. The number of ketones is 2. The van der Waals surface area contributed by atoms with Crippen molar-refractivity contribution in [2.24, 2.45) is 17.8 Å². The minimum absolute atomic E-state index is 0. The zero-order valence-corrected chi connectivity index (χ0v) is 19.8. The van der Waals surface area contributed by atoms with E-state index in [2.05, 4.69) is 25.0 Å². The Morgan fingerprint density at radius 1 is 0.966 bits per heavy atom. The van der Waals surface area contributed by atoms with Gasteiger partial charge in [0, 0.05) is 32.9 Å². The summed E-state index contributed by atoms with van der Waals surface area (Å²) in [6, 6.07) is 0. The molecular weight excluding hydrogens is 544 g/mol. The van der Waals surface area contributed by atoms with Crippen molar-refractivity contribution in [1.29, 1.82) is 0 Å². The summed E-state index contributed by atoms with van der Waals surface area (Å²) in [4.78, 5) is 34.5. The molecule has 3 atom stereocenters. The summed E-state index contributed by atoms with van der Waals surface area (Å²) in [5.74, 6) is -0.272. The summed E-state index contributed by atoms with van der Waals surface area (Å²) < 4.78 is 19.6. The molecule has 0 heterocycles. The second kappa shape index (κ2) is 20.3. The van der Waals surface area contributed by atoms with Crippen molar-refractivity contribution < 1.29 is 49.5 Å². The van der Waals surface area contributed by atoms with Gasteiger partial charge in [0.05, 0.1) is 13.0 Å². The van der Waals surface area contributed by atoms with Crippen LogP contribution in [0.5, 0.6) is 0 Å². The van der Waals surface area contributed by atoms with Crippen molar-refractivity contribution in [1.82, 2.24) is 0 Å². The van der Waals surface area contributed by atoms with E-state index in [0.717, 1.165) is 12.8 Å². The van der Waals surface area contributed by atoms with Crippen LogP contribution in [0.4, 0.5) is 0 Å². The molecule has 6 nitrogen and oxygen atoms in total. The molecule has 2 saturated carbocycles. The molecule has 2 aliphatic rings. The maximum Gasteiger partial charge on any atom is 0.313 e. The van der Waals surface area contributed by atoms with E-state index in [0.29, 0.717) is 6.42 Å². The number of carbonyl (C=O) groups excluding carboxylic acids is 3. The van der Waals surface area contributed by atoms with Gasteiger partial charge in [-0.3, -0.25) is 14.4 Å². The number of Topliss-reactive ketones (excluding diaryl/α,β-unsaturated/α-hetero) is 2. The first-order chi connectivity index (χ1) is 13.4. The molecule has 0 amide bonds. The van der Waals surface area contributed by atoms with Gasteiger partial charge in [-0.05, 0) is 84.5 Å². The molecule has 0 unspecified atom stereocenters. The molecule has 2 aliphatic carbocycles. The first-order valence-electron chi connectivity index (χ1n) is 8.57. The Kier molecular flexibility index (Phi) is 22.8. The van der Waals surface area contributed by atoms with Crippen LogP contribution in [-0.2, 0) is 49.5 Å². The van der Waals surface area contributed by atoms with E-state index in [1.54, 1.807) is 13.3 Å². The third-order valence-electron chi connectivity index (χ3n) is 4.42. The van der Waals surface area contributed by atoms with E-state index < -0.39 is 5.97 Å². The number of rotatable bonds is 5. The molecule has 156 valence electrons. The molecule has 8 radical (unpaired) electrons.